The van der Waals surface area contributed by atoms with Crippen LogP contribution in [0.3, 0.4) is 0 Å². The van der Waals surface area contributed by atoms with E-state index in [1.54, 1.807) is 11.9 Å². The van der Waals surface area contributed by atoms with Gasteiger partial charge in [0.25, 0.3) is 5.92 Å². The number of nitrogens with zero attached hydrogens (tertiary/aromatic N) is 2. The Bertz CT molecular complexity index is 1200. The van der Waals surface area contributed by atoms with Crippen LogP contribution in [0.15, 0.2) is 30.3 Å². The zero-order chi connectivity index (χ0) is 35.3. The maximum atomic E-state index is 13.8. The molecule has 9 nitrogen and oxygen atoms in total. The molecule has 0 aromatic heterocycles. The van der Waals surface area contributed by atoms with E-state index in [1.807, 2.05) is 44.2 Å². The maximum Gasteiger partial charge on any atom is 0.261 e. The smallest absolute Gasteiger partial charge is 0.261 e. The monoisotopic (exact) mass is 674 g/mol. The van der Waals surface area contributed by atoms with Crippen LogP contribution >= 0.6 is 0 Å². The fourth-order valence-corrected chi connectivity index (χ4v) is 6.79. The number of benzene rings is 1. The van der Waals surface area contributed by atoms with Gasteiger partial charge in [-0.15, -0.1) is 12.3 Å². The van der Waals surface area contributed by atoms with Gasteiger partial charge in [-0.2, -0.15) is 0 Å². The first kappa shape index (κ1) is 39.4. The van der Waals surface area contributed by atoms with E-state index >= 15 is 0 Å². The topological polar surface area (TPSA) is 122 Å². The Labute approximate surface area is 285 Å². The normalized spacial score (nSPS) is 19.9. The molecule has 2 aliphatic rings. The third kappa shape index (κ3) is 13.1. The van der Waals surface area contributed by atoms with Crippen molar-refractivity contribution in [2.75, 3.05) is 33.2 Å². The van der Waals surface area contributed by atoms with Crippen LogP contribution in [0.4, 0.5) is 8.78 Å². The van der Waals surface area contributed by atoms with E-state index in [1.165, 1.54) is 4.90 Å². The Morgan fingerprint density at radius 3 is 2.38 bits per heavy atom. The van der Waals surface area contributed by atoms with Gasteiger partial charge in [-0.1, -0.05) is 76.3 Å². The minimum atomic E-state index is -2.72. The Kier molecular flexibility index (Phi) is 15.8. The Morgan fingerprint density at radius 2 is 1.77 bits per heavy atom. The van der Waals surface area contributed by atoms with Crippen LogP contribution in [-0.4, -0.2) is 101 Å². The number of rotatable bonds is 18. The van der Waals surface area contributed by atoms with Crippen molar-refractivity contribution in [3.63, 3.8) is 0 Å². The molecule has 268 valence electrons. The SMILES string of the molecule is C#CC[C@H](NC(=O)C(CC(=O)N(C)CCN1CCC(F)(F)C1)Cc1ccccc1)C(=O)N[C@@H](CC1CCCCC1)C(O)[C@@H](O)CC(C)C. The second-order valence-electron chi connectivity index (χ2n) is 14.3. The highest BCUT2D eigenvalue weighted by atomic mass is 19.3. The number of likely N-dealkylation sites (N-methyl/N-ethyl adjacent to an activating group) is 1. The first-order valence-corrected chi connectivity index (χ1v) is 17.6. The summed E-state index contributed by atoms with van der Waals surface area (Å²) in [6, 6.07) is 7.39. The molecular formula is C37H56F2N4O5. The van der Waals surface area contributed by atoms with Crippen LogP contribution in [-0.2, 0) is 20.8 Å². The molecule has 1 heterocycles. The minimum Gasteiger partial charge on any atom is -0.390 e. The molecule has 1 aromatic rings. The number of carbonyl (C=O) groups excluding carboxylic acids is 3. The summed E-state index contributed by atoms with van der Waals surface area (Å²) in [5.41, 5.74) is 0.833. The second-order valence-corrected chi connectivity index (χ2v) is 14.3. The average molecular weight is 675 g/mol. The van der Waals surface area contributed by atoms with E-state index < -0.39 is 47.9 Å². The van der Waals surface area contributed by atoms with E-state index in [2.05, 4.69) is 16.6 Å². The molecule has 48 heavy (non-hydrogen) atoms. The third-order valence-corrected chi connectivity index (χ3v) is 9.66. The average Bonchev–Trinajstić information content (AvgIpc) is 3.40. The standard InChI is InChI=1S/C37H56F2N4O5/c1-5-12-30(36(48)41-31(23-28-15-10-7-11-16-28)34(46)32(44)21-26(2)3)40-35(47)29(22-27-13-8-6-9-14-27)24-33(45)42(4)19-20-43-18-17-37(38,39)25-43/h1,6,8-9,13-14,26,28-32,34,44,46H,7,10-12,15-25H2,2-4H3,(H,40,47)(H,41,48)/t29?,30-,31-,32-,34?/m0/s1. The van der Waals surface area contributed by atoms with Gasteiger partial charge in [0.1, 0.15) is 12.1 Å². The van der Waals surface area contributed by atoms with Crippen molar-refractivity contribution in [1.29, 1.82) is 0 Å². The van der Waals surface area contributed by atoms with Gasteiger partial charge in [-0.3, -0.25) is 19.3 Å². The summed E-state index contributed by atoms with van der Waals surface area (Å²) in [4.78, 5) is 43.8. The summed E-state index contributed by atoms with van der Waals surface area (Å²) in [6.07, 6.45) is 9.35. The molecule has 2 fully saturated rings. The van der Waals surface area contributed by atoms with Crippen LogP contribution < -0.4 is 10.6 Å². The molecule has 1 aromatic carbocycles. The van der Waals surface area contributed by atoms with Gasteiger partial charge in [0.05, 0.1) is 24.6 Å². The number of aliphatic hydroxyl groups excluding tert-OH is 2. The fourth-order valence-electron chi connectivity index (χ4n) is 6.79. The number of hydrogen-bond acceptors (Lipinski definition) is 6. The molecule has 0 spiro atoms. The van der Waals surface area contributed by atoms with Gasteiger partial charge < -0.3 is 25.7 Å². The number of amides is 3. The van der Waals surface area contributed by atoms with Crippen LogP contribution in [0.25, 0.3) is 0 Å². The number of halogens is 2. The fraction of sp³-hybridized carbons (Fsp3) is 0.703. The van der Waals surface area contributed by atoms with E-state index in [-0.39, 0.29) is 57.1 Å². The molecule has 5 atom stereocenters. The number of carbonyl (C=O) groups is 3. The Morgan fingerprint density at radius 1 is 1.08 bits per heavy atom. The van der Waals surface area contributed by atoms with Crippen molar-refractivity contribution in [1.82, 2.24) is 20.4 Å². The molecule has 3 rings (SSSR count). The molecule has 11 heteroatoms. The van der Waals surface area contributed by atoms with Crippen LogP contribution in [0.1, 0.15) is 83.6 Å². The number of hydrogen-bond donors (Lipinski definition) is 4. The van der Waals surface area contributed by atoms with Crippen LogP contribution in [0.5, 0.6) is 0 Å². The lowest BCUT2D eigenvalue weighted by Gasteiger charge is -2.33. The number of alkyl halides is 2. The van der Waals surface area contributed by atoms with Crippen molar-refractivity contribution in [2.45, 2.75) is 115 Å². The highest BCUT2D eigenvalue weighted by Gasteiger charge is 2.38. The number of terminal acetylenes is 1. The molecule has 0 radical (unpaired) electrons. The summed E-state index contributed by atoms with van der Waals surface area (Å²) in [6.45, 7) is 4.38. The number of nitrogens with one attached hydrogen (secondary N) is 2. The summed E-state index contributed by atoms with van der Waals surface area (Å²) in [5, 5.41) is 27.6. The van der Waals surface area contributed by atoms with Crippen LogP contribution in [0, 0.1) is 30.1 Å². The van der Waals surface area contributed by atoms with Gasteiger partial charge in [0.2, 0.25) is 17.7 Å². The lowest BCUT2D eigenvalue weighted by Crippen LogP contribution is -2.56. The van der Waals surface area contributed by atoms with Gasteiger partial charge >= 0.3 is 0 Å². The quantitative estimate of drug-likeness (QED) is 0.176. The molecule has 1 saturated heterocycles. The van der Waals surface area contributed by atoms with Crippen molar-refractivity contribution in [2.24, 2.45) is 17.8 Å². The van der Waals surface area contributed by atoms with Gasteiger partial charge in [0.15, 0.2) is 0 Å². The Hall–Kier alpha value is -3.07. The van der Waals surface area contributed by atoms with E-state index in [9.17, 15) is 33.4 Å². The van der Waals surface area contributed by atoms with Gasteiger partial charge in [-0.05, 0) is 36.7 Å². The minimum absolute atomic E-state index is 0.106. The van der Waals surface area contributed by atoms with Crippen molar-refractivity contribution < 1.29 is 33.4 Å². The molecule has 1 aliphatic heterocycles. The molecular weight excluding hydrogens is 618 g/mol. The first-order valence-electron chi connectivity index (χ1n) is 17.6. The predicted octanol–water partition coefficient (Wildman–Crippen LogP) is 3.77. The highest BCUT2D eigenvalue weighted by molar-refractivity contribution is 5.91. The zero-order valence-electron chi connectivity index (χ0n) is 28.9. The number of likely N-dealkylation sites (tertiary alicyclic amines) is 1. The number of aliphatic hydroxyl groups is 2. The molecule has 0 bridgehead atoms. The largest absolute Gasteiger partial charge is 0.390 e. The summed E-state index contributed by atoms with van der Waals surface area (Å²) in [7, 11) is 1.59. The predicted molar refractivity (Wildman–Crippen MR) is 182 cm³/mol. The molecule has 3 amide bonds. The highest BCUT2D eigenvalue weighted by Crippen LogP contribution is 2.29. The maximum absolute atomic E-state index is 13.8. The van der Waals surface area contributed by atoms with Crippen LogP contribution in [0.2, 0.25) is 0 Å². The Balaban J connectivity index is 1.71. The van der Waals surface area contributed by atoms with E-state index in [0.717, 1.165) is 37.7 Å². The first-order chi connectivity index (χ1) is 22.8. The molecule has 4 N–H and O–H groups in total. The van der Waals surface area contributed by atoms with E-state index in [4.69, 9.17) is 6.42 Å². The summed E-state index contributed by atoms with van der Waals surface area (Å²) >= 11 is 0. The third-order valence-electron chi connectivity index (χ3n) is 9.66. The zero-order valence-corrected chi connectivity index (χ0v) is 28.9. The van der Waals surface area contributed by atoms with Crippen molar-refractivity contribution in [3.8, 4) is 12.3 Å². The molecule has 1 saturated carbocycles. The van der Waals surface area contributed by atoms with Gasteiger partial charge in [0, 0.05) is 45.9 Å². The molecule has 1 aliphatic carbocycles. The lowest BCUT2D eigenvalue weighted by molar-refractivity contribution is -0.137. The lowest BCUT2D eigenvalue weighted by atomic mass is 9.82. The van der Waals surface area contributed by atoms with Crippen molar-refractivity contribution in [3.05, 3.63) is 35.9 Å². The molecule has 2 unspecified atom stereocenters. The second kappa shape index (κ2) is 19.2. The van der Waals surface area contributed by atoms with E-state index in [0.29, 0.717) is 25.3 Å². The summed E-state index contributed by atoms with van der Waals surface area (Å²) < 4.78 is 27.3. The van der Waals surface area contributed by atoms with Crippen molar-refractivity contribution >= 4 is 17.7 Å². The van der Waals surface area contributed by atoms with Gasteiger partial charge in [-0.25, -0.2) is 8.78 Å². The summed E-state index contributed by atoms with van der Waals surface area (Å²) in [5.74, 6) is -2.03.